The number of anilines is 1. The molecule has 0 saturated carbocycles. The van der Waals surface area contributed by atoms with Crippen molar-refractivity contribution in [1.82, 2.24) is 10.1 Å². The van der Waals surface area contributed by atoms with Gasteiger partial charge < -0.3 is 15.0 Å². The summed E-state index contributed by atoms with van der Waals surface area (Å²) in [6.07, 6.45) is 0.755. The predicted molar refractivity (Wildman–Crippen MR) is 78.3 cm³/mol. The second-order valence-electron chi connectivity index (χ2n) is 5.25. The molecule has 1 aromatic heterocycles. The highest BCUT2D eigenvalue weighted by molar-refractivity contribution is 5.74. The van der Waals surface area contributed by atoms with E-state index in [1.807, 2.05) is 39.8 Å². The molecule has 0 fully saturated rings. The van der Waals surface area contributed by atoms with Crippen molar-refractivity contribution in [1.29, 1.82) is 0 Å². The molecule has 0 aliphatic heterocycles. The van der Waals surface area contributed by atoms with Gasteiger partial charge in [0.15, 0.2) is 0 Å². The topological polar surface area (TPSA) is 74.2 Å². The van der Waals surface area contributed by atoms with E-state index in [9.17, 15) is 0 Å². The fraction of sp³-hybridized carbons (Fsp3) is 0.467. The number of nitrogens with zero attached hydrogens (tertiary/aromatic N) is 2. The van der Waals surface area contributed by atoms with Crippen molar-refractivity contribution >= 4 is 5.69 Å². The summed E-state index contributed by atoms with van der Waals surface area (Å²) >= 11 is 0. The molecule has 1 unspecified atom stereocenters. The van der Waals surface area contributed by atoms with Crippen LogP contribution in [0.2, 0.25) is 0 Å². The van der Waals surface area contributed by atoms with Crippen LogP contribution < -0.4 is 5.73 Å². The van der Waals surface area contributed by atoms with E-state index in [0.717, 1.165) is 23.1 Å². The molecule has 108 valence electrons. The zero-order chi connectivity index (χ0) is 14.9. The molecule has 1 heterocycles. The monoisotopic (exact) mass is 275 g/mol. The molecule has 5 heteroatoms. The average molecular weight is 275 g/mol. The van der Waals surface area contributed by atoms with Crippen LogP contribution in [0, 0.1) is 13.8 Å². The van der Waals surface area contributed by atoms with Gasteiger partial charge in [-0.2, -0.15) is 4.98 Å². The first kappa shape index (κ1) is 14.5. The van der Waals surface area contributed by atoms with E-state index in [1.165, 1.54) is 0 Å². The number of aromatic nitrogens is 2. The van der Waals surface area contributed by atoms with Gasteiger partial charge in [0, 0.05) is 12.8 Å². The largest absolute Gasteiger partial charge is 0.398 e. The lowest BCUT2D eigenvalue weighted by molar-refractivity contribution is -0.0106. The molecule has 0 aliphatic rings. The quantitative estimate of drug-likeness (QED) is 0.867. The lowest BCUT2D eigenvalue weighted by Gasteiger charge is -2.21. The summed E-state index contributed by atoms with van der Waals surface area (Å²) in [5.41, 5.74) is 9.12. The Hall–Kier alpha value is -1.88. The van der Waals surface area contributed by atoms with Gasteiger partial charge in [0.2, 0.25) is 5.82 Å². The Kier molecular flexibility index (Phi) is 3.81. The van der Waals surface area contributed by atoms with E-state index in [2.05, 4.69) is 10.1 Å². The number of hydrogen-bond acceptors (Lipinski definition) is 5. The lowest BCUT2D eigenvalue weighted by Crippen LogP contribution is -2.24. The number of aryl methyl sites for hydroxylation is 2. The highest BCUT2D eigenvalue weighted by Crippen LogP contribution is 2.32. The molecule has 1 aromatic carbocycles. The molecule has 0 spiro atoms. The summed E-state index contributed by atoms with van der Waals surface area (Å²) < 4.78 is 10.9. The molecule has 0 bridgehead atoms. The van der Waals surface area contributed by atoms with Crippen LogP contribution in [0.3, 0.4) is 0 Å². The molecule has 20 heavy (non-hydrogen) atoms. The molecule has 1 atom stereocenters. The van der Waals surface area contributed by atoms with E-state index in [4.69, 9.17) is 15.0 Å². The molecule has 2 N–H and O–H groups in total. The zero-order valence-corrected chi connectivity index (χ0v) is 12.7. The fourth-order valence-corrected chi connectivity index (χ4v) is 2.10. The molecule has 2 rings (SSSR count). The zero-order valence-electron chi connectivity index (χ0n) is 12.7. The van der Waals surface area contributed by atoms with Crippen molar-refractivity contribution in [2.75, 3.05) is 12.8 Å². The maximum atomic E-state index is 6.11. The van der Waals surface area contributed by atoms with Gasteiger partial charge >= 0.3 is 0 Å². The van der Waals surface area contributed by atoms with Crippen LogP contribution in [0.15, 0.2) is 16.7 Å². The molecular formula is C15H21N3O2. The number of nitrogen functional groups attached to an aromatic ring is 1. The van der Waals surface area contributed by atoms with Gasteiger partial charge in [-0.05, 0) is 44.4 Å². The van der Waals surface area contributed by atoms with Crippen LogP contribution in [-0.4, -0.2) is 17.3 Å². The van der Waals surface area contributed by atoms with Crippen LogP contribution in [0.4, 0.5) is 5.69 Å². The average Bonchev–Trinajstić information content (AvgIpc) is 2.92. The van der Waals surface area contributed by atoms with E-state index >= 15 is 0 Å². The second kappa shape index (κ2) is 5.25. The van der Waals surface area contributed by atoms with Gasteiger partial charge in [0.25, 0.3) is 5.89 Å². The Morgan fingerprint density at radius 3 is 2.65 bits per heavy atom. The molecule has 0 saturated heterocycles. The van der Waals surface area contributed by atoms with Crippen molar-refractivity contribution in [3.8, 4) is 11.5 Å². The van der Waals surface area contributed by atoms with Gasteiger partial charge in [-0.1, -0.05) is 18.1 Å². The number of ether oxygens (including phenoxy) is 1. The van der Waals surface area contributed by atoms with Crippen molar-refractivity contribution in [3.63, 3.8) is 0 Å². The van der Waals surface area contributed by atoms with E-state index < -0.39 is 5.60 Å². The predicted octanol–water partition coefficient (Wildman–Crippen LogP) is 3.21. The molecule has 0 amide bonds. The minimum atomic E-state index is -0.546. The number of methoxy groups -OCH3 is 1. The summed E-state index contributed by atoms with van der Waals surface area (Å²) in [6.45, 7) is 7.93. The molecule has 5 nitrogen and oxygen atoms in total. The second-order valence-corrected chi connectivity index (χ2v) is 5.25. The van der Waals surface area contributed by atoms with E-state index in [0.29, 0.717) is 17.4 Å². The molecule has 0 radical (unpaired) electrons. The summed E-state index contributed by atoms with van der Waals surface area (Å²) in [6, 6.07) is 3.98. The number of rotatable bonds is 4. The Morgan fingerprint density at radius 1 is 1.35 bits per heavy atom. The SMILES string of the molecule is CCC(C)(OC)c1noc(-c2cc(C)cc(C)c2N)n1. The maximum Gasteiger partial charge on any atom is 0.260 e. The van der Waals surface area contributed by atoms with Crippen molar-refractivity contribution in [3.05, 3.63) is 29.1 Å². The van der Waals surface area contributed by atoms with Gasteiger partial charge in [-0.25, -0.2) is 0 Å². The van der Waals surface area contributed by atoms with Crippen LogP contribution in [0.5, 0.6) is 0 Å². The first-order valence-electron chi connectivity index (χ1n) is 6.67. The number of benzene rings is 1. The smallest absolute Gasteiger partial charge is 0.260 e. The summed E-state index contributed by atoms with van der Waals surface area (Å²) in [5, 5.41) is 4.04. The normalized spacial score (nSPS) is 14.2. The van der Waals surface area contributed by atoms with Gasteiger partial charge in [0.05, 0.1) is 5.56 Å². The highest BCUT2D eigenvalue weighted by Gasteiger charge is 2.30. The Labute approximate surface area is 119 Å². The van der Waals surface area contributed by atoms with Crippen LogP contribution >= 0.6 is 0 Å². The lowest BCUT2D eigenvalue weighted by atomic mass is 10.0. The minimum Gasteiger partial charge on any atom is -0.398 e. The third-order valence-electron chi connectivity index (χ3n) is 3.79. The summed E-state index contributed by atoms with van der Waals surface area (Å²) in [4.78, 5) is 4.45. The van der Waals surface area contributed by atoms with Crippen LogP contribution in [0.1, 0.15) is 37.2 Å². The molecule has 2 aromatic rings. The van der Waals surface area contributed by atoms with Crippen molar-refractivity contribution in [2.45, 2.75) is 39.7 Å². The first-order chi connectivity index (χ1) is 9.41. The van der Waals surface area contributed by atoms with Crippen LogP contribution in [0.25, 0.3) is 11.5 Å². The highest BCUT2D eigenvalue weighted by atomic mass is 16.5. The standard InChI is InChI=1S/C15H21N3O2/c1-6-15(4,19-5)14-17-13(20-18-14)11-8-9(2)7-10(3)12(11)16/h7-8H,6,16H2,1-5H3. The first-order valence-corrected chi connectivity index (χ1v) is 6.67. The minimum absolute atomic E-state index is 0.432. The summed E-state index contributed by atoms with van der Waals surface area (Å²) in [7, 11) is 1.64. The number of nitrogens with two attached hydrogens (primary N) is 1. The maximum absolute atomic E-state index is 6.11. The fourth-order valence-electron chi connectivity index (χ4n) is 2.10. The molecular weight excluding hydrogens is 254 g/mol. The van der Waals surface area contributed by atoms with Crippen molar-refractivity contribution < 1.29 is 9.26 Å². The van der Waals surface area contributed by atoms with E-state index in [1.54, 1.807) is 7.11 Å². The van der Waals surface area contributed by atoms with Gasteiger partial charge in [0.1, 0.15) is 5.60 Å². The van der Waals surface area contributed by atoms with Crippen molar-refractivity contribution in [2.24, 2.45) is 0 Å². The number of hydrogen-bond donors (Lipinski definition) is 1. The Balaban J connectivity index is 2.49. The van der Waals surface area contributed by atoms with Crippen LogP contribution in [-0.2, 0) is 10.3 Å². The molecule has 0 aliphatic carbocycles. The van der Waals surface area contributed by atoms with E-state index in [-0.39, 0.29) is 0 Å². The Morgan fingerprint density at radius 2 is 2.05 bits per heavy atom. The van der Waals surface area contributed by atoms with Gasteiger partial charge in [-0.3, -0.25) is 0 Å². The Bertz CT molecular complexity index is 616. The third-order valence-corrected chi connectivity index (χ3v) is 3.79. The van der Waals surface area contributed by atoms with Gasteiger partial charge in [-0.15, -0.1) is 0 Å². The summed E-state index contributed by atoms with van der Waals surface area (Å²) in [5.74, 6) is 0.970. The third kappa shape index (κ3) is 2.41.